The van der Waals surface area contributed by atoms with Crippen LogP contribution in [0.25, 0.3) is 0 Å². The van der Waals surface area contributed by atoms with Crippen LogP contribution in [0.1, 0.15) is 32.8 Å². The molecule has 0 radical (unpaired) electrons. The van der Waals surface area contributed by atoms with Gasteiger partial charge in [-0.15, -0.1) is 0 Å². The van der Waals surface area contributed by atoms with Crippen molar-refractivity contribution >= 4 is 0 Å². The van der Waals surface area contributed by atoms with Crippen LogP contribution in [0.4, 0.5) is 0 Å². The minimum atomic E-state index is -0.740. The fourth-order valence-corrected chi connectivity index (χ4v) is 1.75. The van der Waals surface area contributed by atoms with Gasteiger partial charge >= 0.3 is 0 Å². The van der Waals surface area contributed by atoms with E-state index in [-0.39, 0.29) is 0 Å². The smallest absolute Gasteiger partial charge is 0.102 e. The summed E-state index contributed by atoms with van der Waals surface area (Å²) in [5.41, 5.74) is 0.254. The van der Waals surface area contributed by atoms with E-state index in [2.05, 4.69) is 19.2 Å². The maximum Gasteiger partial charge on any atom is 0.102 e. The van der Waals surface area contributed by atoms with Crippen molar-refractivity contribution in [2.75, 3.05) is 13.1 Å². The molecule has 1 aromatic rings. The Hall–Kier alpha value is -0.860. The lowest BCUT2D eigenvalue weighted by molar-refractivity contribution is 0.0322. The Morgan fingerprint density at radius 2 is 1.88 bits per heavy atom. The van der Waals surface area contributed by atoms with Crippen LogP contribution >= 0.6 is 0 Å². The molecule has 0 saturated carbocycles. The monoisotopic (exact) mass is 221 g/mol. The van der Waals surface area contributed by atoms with E-state index in [0.29, 0.717) is 12.5 Å². The van der Waals surface area contributed by atoms with E-state index in [0.717, 1.165) is 18.5 Å². The zero-order valence-corrected chi connectivity index (χ0v) is 10.5. The summed E-state index contributed by atoms with van der Waals surface area (Å²) in [6.45, 7) is 7.91. The predicted octanol–water partition coefficient (Wildman–Crippen LogP) is 2.53. The van der Waals surface area contributed by atoms with E-state index < -0.39 is 5.60 Å². The van der Waals surface area contributed by atoms with Crippen molar-refractivity contribution in [2.24, 2.45) is 5.92 Å². The Morgan fingerprint density at radius 1 is 1.25 bits per heavy atom. The standard InChI is InChI=1S/C14H23NO/c1-4-14(16,11-15-10-12(2)3)13-8-6-5-7-9-13/h5-9,12,15-16H,4,10-11H2,1-3H3. The molecule has 0 fully saturated rings. The van der Waals surface area contributed by atoms with Gasteiger partial charge in [0.2, 0.25) is 0 Å². The molecule has 0 aliphatic heterocycles. The highest BCUT2D eigenvalue weighted by Gasteiger charge is 2.26. The van der Waals surface area contributed by atoms with Crippen LogP contribution in [0.5, 0.6) is 0 Å². The molecule has 2 nitrogen and oxygen atoms in total. The summed E-state index contributed by atoms with van der Waals surface area (Å²) < 4.78 is 0. The highest BCUT2D eigenvalue weighted by atomic mass is 16.3. The average Bonchev–Trinajstić information content (AvgIpc) is 2.29. The van der Waals surface area contributed by atoms with Gasteiger partial charge in [-0.05, 0) is 24.4 Å². The van der Waals surface area contributed by atoms with Crippen LogP contribution in [0.15, 0.2) is 30.3 Å². The van der Waals surface area contributed by atoms with Crippen molar-refractivity contribution < 1.29 is 5.11 Å². The molecule has 1 rings (SSSR count). The Kier molecular flexibility index (Phi) is 4.97. The zero-order chi connectivity index (χ0) is 12.0. The second-order valence-electron chi connectivity index (χ2n) is 4.78. The largest absolute Gasteiger partial charge is 0.384 e. The van der Waals surface area contributed by atoms with Crippen molar-refractivity contribution in [2.45, 2.75) is 32.8 Å². The summed E-state index contributed by atoms with van der Waals surface area (Å²) in [6.07, 6.45) is 0.724. The van der Waals surface area contributed by atoms with E-state index in [1.165, 1.54) is 0 Å². The molecule has 16 heavy (non-hydrogen) atoms. The summed E-state index contributed by atoms with van der Waals surface area (Å²) in [7, 11) is 0. The molecule has 1 atom stereocenters. The third kappa shape index (κ3) is 3.62. The molecule has 0 aromatic heterocycles. The normalized spacial score (nSPS) is 15.1. The number of aliphatic hydroxyl groups is 1. The van der Waals surface area contributed by atoms with Gasteiger partial charge in [0, 0.05) is 6.54 Å². The highest BCUT2D eigenvalue weighted by Crippen LogP contribution is 2.23. The summed E-state index contributed by atoms with van der Waals surface area (Å²) in [4.78, 5) is 0. The van der Waals surface area contributed by atoms with Gasteiger partial charge in [-0.1, -0.05) is 51.1 Å². The third-order valence-electron chi connectivity index (χ3n) is 2.87. The minimum absolute atomic E-state index is 0.608. The van der Waals surface area contributed by atoms with Crippen molar-refractivity contribution in [3.05, 3.63) is 35.9 Å². The molecule has 0 saturated heterocycles. The molecule has 1 unspecified atom stereocenters. The maximum atomic E-state index is 10.5. The van der Waals surface area contributed by atoms with Gasteiger partial charge in [0.15, 0.2) is 0 Å². The molecule has 2 heteroatoms. The fourth-order valence-electron chi connectivity index (χ4n) is 1.75. The van der Waals surface area contributed by atoms with Crippen LogP contribution < -0.4 is 5.32 Å². The molecule has 0 spiro atoms. The minimum Gasteiger partial charge on any atom is -0.384 e. The first kappa shape index (κ1) is 13.2. The fraction of sp³-hybridized carbons (Fsp3) is 0.571. The summed E-state index contributed by atoms with van der Waals surface area (Å²) in [5.74, 6) is 0.608. The maximum absolute atomic E-state index is 10.5. The Morgan fingerprint density at radius 3 is 2.38 bits per heavy atom. The molecular formula is C14H23NO. The highest BCUT2D eigenvalue weighted by molar-refractivity contribution is 5.22. The van der Waals surface area contributed by atoms with Crippen molar-refractivity contribution in [3.63, 3.8) is 0 Å². The molecule has 0 heterocycles. The van der Waals surface area contributed by atoms with Crippen LogP contribution in [0, 0.1) is 5.92 Å². The van der Waals surface area contributed by atoms with Crippen LogP contribution in [-0.2, 0) is 5.60 Å². The van der Waals surface area contributed by atoms with Crippen molar-refractivity contribution in [1.82, 2.24) is 5.32 Å². The second kappa shape index (κ2) is 6.02. The van der Waals surface area contributed by atoms with Gasteiger partial charge in [0.1, 0.15) is 5.60 Å². The first-order valence-electron chi connectivity index (χ1n) is 6.07. The van der Waals surface area contributed by atoms with Crippen LogP contribution in [0.3, 0.4) is 0 Å². The van der Waals surface area contributed by atoms with Gasteiger partial charge < -0.3 is 10.4 Å². The number of nitrogens with one attached hydrogen (secondary N) is 1. The van der Waals surface area contributed by atoms with E-state index in [9.17, 15) is 5.11 Å². The summed E-state index contributed by atoms with van der Waals surface area (Å²) in [6, 6.07) is 9.89. The average molecular weight is 221 g/mol. The van der Waals surface area contributed by atoms with Gasteiger partial charge in [-0.25, -0.2) is 0 Å². The van der Waals surface area contributed by atoms with E-state index in [1.54, 1.807) is 0 Å². The summed E-state index contributed by atoms with van der Waals surface area (Å²) >= 11 is 0. The van der Waals surface area contributed by atoms with Crippen LogP contribution in [-0.4, -0.2) is 18.2 Å². The number of benzene rings is 1. The summed E-state index contributed by atoms with van der Waals surface area (Å²) in [5, 5.41) is 13.9. The topological polar surface area (TPSA) is 32.3 Å². The quantitative estimate of drug-likeness (QED) is 0.773. The molecule has 2 N–H and O–H groups in total. The van der Waals surface area contributed by atoms with Gasteiger partial charge in [-0.2, -0.15) is 0 Å². The van der Waals surface area contributed by atoms with E-state index >= 15 is 0 Å². The lowest BCUT2D eigenvalue weighted by atomic mass is 9.91. The molecule has 0 aliphatic carbocycles. The predicted molar refractivity (Wildman–Crippen MR) is 68.3 cm³/mol. The molecule has 0 aliphatic rings. The lowest BCUT2D eigenvalue weighted by Crippen LogP contribution is -2.38. The van der Waals surface area contributed by atoms with Gasteiger partial charge in [-0.3, -0.25) is 0 Å². The van der Waals surface area contributed by atoms with Crippen molar-refractivity contribution in [1.29, 1.82) is 0 Å². The first-order valence-corrected chi connectivity index (χ1v) is 6.07. The Balaban J connectivity index is 2.63. The van der Waals surface area contributed by atoms with Crippen molar-refractivity contribution in [3.8, 4) is 0 Å². The Labute approximate surface area is 98.7 Å². The number of rotatable bonds is 6. The first-order chi connectivity index (χ1) is 7.58. The van der Waals surface area contributed by atoms with E-state index in [4.69, 9.17) is 0 Å². The molecule has 0 amide bonds. The molecule has 0 bridgehead atoms. The van der Waals surface area contributed by atoms with Gasteiger partial charge in [0.05, 0.1) is 0 Å². The number of hydrogen-bond acceptors (Lipinski definition) is 2. The molecule has 90 valence electrons. The SMILES string of the molecule is CCC(O)(CNCC(C)C)c1ccccc1. The number of hydrogen-bond donors (Lipinski definition) is 2. The van der Waals surface area contributed by atoms with Crippen LogP contribution in [0.2, 0.25) is 0 Å². The second-order valence-corrected chi connectivity index (χ2v) is 4.78. The zero-order valence-electron chi connectivity index (χ0n) is 10.5. The third-order valence-corrected chi connectivity index (χ3v) is 2.87. The van der Waals surface area contributed by atoms with Gasteiger partial charge in [0.25, 0.3) is 0 Å². The van der Waals surface area contributed by atoms with E-state index in [1.807, 2.05) is 37.3 Å². The Bertz CT molecular complexity index is 297. The lowest BCUT2D eigenvalue weighted by Gasteiger charge is -2.28. The molecule has 1 aromatic carbocycles. The molecular weight excluding hydrogens is 198 g/mol.